The van der Waals surface area contributed by atoms with Crippen molar-refractivity contribution in [3.05, 3.63) is 36.0 Å². The van der Waals surface area contributed by atoms with Crippen molar-refractivity contribution in [2.24, 2.45) is 0 Å². The second kappa shape index (κ2) is 9.19. The molecule has 0 atom stereocenters. The molecule has 0 aliphatic heterocycles. The maximum atomic E-state index is 9.60. The van der Waals surface area contributed by atoms with Crippen LogP contribution in [0.4, 0.5) is 0 Å². The second-order valence-corrected chi connectivity index (χ2v) is 7.43. The van der Waals surface area contributed by atoms with Crippen molar-refractivity contribution in [3.63, 3.8) is 0 Å². The van der Waals surface area contributed by atoms with Crippen molar-refractivity contribution in [3.8, 4) is 17.0 Å². The molecular formula is C21H31N3O2. The van der Waals surface area contributed by atoms with Crippen LogP contribution in [0.2, 0.25) is 0 Å². The van der Waals surface area contributed by atoms with E-state index in [1.807, 2.05) is 18.3 Å². The van der Waals surface area contributed by atoms with E-state index in [2.05, 4.69) is 41.2 Å². The lowest BCUT2D eigenvalue weighted by Crippen LogP contribution is -2.26. The Labute approximate surface area is 156 Å². The first-order valence-electron chi connectivity index (χ1n) is 9.81. The van der Waals surface area contributed by atoms with Crippen molar-refractivity contribution in [1.82, 2.24) is 15.1 Å². The number of H-pyrrole nitrogens is 1. The number of aliphatic hydroxyl groups excluding tert-OH is 1. The molecule has 0 amide bonds. The molecule has 2 aromatic rings. The van der Waals surface area contributed by atoms with Crippen LogP contribution in [0.5, 0.6) is 5.75 Å². The van der Waals surface area contributed by atoms with E-state index in [1.165, 1.54) is 18.4 Å². The third kappa shape index (κ3) is 5.08. The first-order valence-corrected chi connectivity index (χ1v) is 9.81. The fourth-order valence-corrected chi connectivity index (χ4v) is 3.53. The number of benzene rings is 1. The van der Waals surface area contributed by atoms with Gasteiger partial charge in [-0.15, -0.1) is 0 Å². The van der Waals surface area contributed by atoms with E-state index in [-0.39, 0.29) is 12.2 Å². The summed E-state index contributed by atoms with van der Waals surface area (Å²) < 4.78 is 6.07. The Balaban J connectivity index is 1.61. The molecular weight excluding hydrogens is 326 g/mol. The van der Waals surface area contributed by atoms with Gasteiger partial charge in [0.05, 0.1) is 24.1 Å². The van der Waals surface area contributed by atoms with E-state index >= 15 is 0 Å². The monoisotopic (exact) mass is 357 g/mol. The Bertz CT molecular complexity index is 660. The Hall–Kier alpha value is -1.85. The SMILES string of the molecule is CCCCN(C)Cc1cn[nH]c1-c1ccc(OC2CCC(O)CC2)cc1. The number of aromatic nitrogens is 2. The minimum absolute atomic E-state index is 0.147. The predicted molar refractivity (Wildman–Crippen MR) is 104 cm³/mol. The summed E-state index contributed by atoms with van der Waals surface area (Å²) in [6, 6.07) is 8.25. The molecule has 2 N–H and O–H groups in total. The van der Waals surface area contributed by atoms with Crippen LogP contribution in [-0.2, 0) is 6.54 Å². The molecule has 1 fully saturated rings. The standard InChI is InChI=1S/C21H31N3O2/c1-3-4-13-24(2)15-17-14-22-23-21(17)16-5-9-19(10-6-16)26-20-11-7-18(25)8-12-20/h5-6,9-10,14,18,20,25H,3-4,7-8,11-13,15H2,1-2H3,(H,22,23). The summed E-state index contributed by atoms with van der Waals surface area (Å²) in [5.74, 6) is 0.899. The van der Waals surface area contributed by atoms with Crippen molar-refractivity contribution in [2.75, 3.05) is 13.6 Å². The number of nitrogens with zero attached hydrogens (tertiary/aromatic N) is 2. The lowest BCUT2D eigenvalue weighted by Gasteiger charge is -2.26. The molecule has 5 heteroatoms. The Kier molecular flexibility index (Phi) is 6.69. The zero-order valence-corrected chi connectivity index (χ0v) is 15.9. The van der Waals surface area contributed by atoms with Gasteiger partial charge in [-0.1, -0.05) is 13.3 Å². The summed E-state index contributed by atoms with van der Waals surface area (Å²) in [5.41, 5.74) is 3.44. The molecule has 142 valence electrons. The number of rotatable bonds is 8. The van der Waals surface area contributed by atoms with Crippen LogP contribution in [-0.4, -0.2) is 46.0 Å². The van der Waals surface area contributed by atoms with Crippen molar-refractivity contribution < 1.29 is 9.84 Å². The summed E-state index contributed by atoms with van der Waals surface area (Å²) in [7, 11) is 2.16. The Morgan fingerprint density at radius 3 is 2.62 bits per heavy atom. The summed E-state index contributed by atoms with van der Waals surface area (Å²) in [4.78, 5) is 2.34. The van der Waals surface area contributed by atoms with E-state index in [0.717, 1.165) is 55.8 Å². The molecule has 1 aliphatic carbocycles. The van der Waals surface area contributed by atoms with Gasteiger partial charge in [-0.2, -0.15) is 5.10 Å². The number of hydrogen-bond donors (Lipinski definition) is 2. The van der Waals surface area contributed by atoms with Crippen molar-refractivity contribution >= 4 is 0 Å². The lowest BCUT2D eigenvalue weighted by molar-refractivity contribution is 0.0666. The molecule has 1 aromatic heterocycles. The third-order valence-electron chi connectivity index (χ3n) is 5.14. The van der Waals surface area contributed by atoms with E-state index in [9.17, 15) is 5.11 Å². The fourth-order valence-electron chi connectivity index (χ4n) is 3.53. The van der Waals surface area contributed by atoms with Gasteiger partial charge in [-0.3, -0.25) is 5.10 Å². The summed E-state index contributed by atoms with van der Waals surface area (Å²) in [6.45, 7) is 4.22. The van der Waals surface area contributed by atoms with Crippen molar-refractivity contribution in [1.29, 1.82) is 0 Å². The van der Waals surface area contributed by atoms with E-state index in [1.54, 1.807) is 0 Å². The summed E-state index contributed by atoms with van der Waals surface area (Å²) in [5, 5.41) is 17.0. The van der Waals surface area contributed by atoms with Gasteiger partial charge >= 0.3 is 0 Å². The molecule has 3 rings (SSSR count). The van der Waals surface area contributed by atoms with Gasteiger partial charge in [0.25, 0.3) is 0 Å². The molecule has 0 unspecified atom stereocenters. The minimum atomic E-state index is -0.147. The maximum Gasteiger partial charge on any atom is 0.119 e. The quantitative estimate of drug-likeness (QED) is 0.750. The van der Waals surface area contributed by atoms with Crippen LogP contribution >= 0.6 is 0 Å². The normalized spacial score (nSPS) is 20.5. The first-order chi connectivity index (χ1) is 12.7. The van der Waals surface area contributed by atoms with Crippen LogP contribution in [0.1, 0.15) is 51.0 Å². The highest BCUT2D eigenvalue weighted by Crippen LogP contribution is 2.27. The van der Waals surface area contributed by atoms with Crippen LogP contribution in [0.3, 0.4) is 0 Å². The van der Waals surface area contributed by atoms with E-state index < -0.39 is 0 Å². The molecule has 1 aliphatic rings. The predicted octanol–water partition coefficient (Wildman–Crippen LogP) is 3.99. The average molecular weight is 357 g/mol. The number of nitrogens with one attached hydrogen (secondary N) is 1. The third-order valence-corrected chi connectivity index (χ3v) is 5.14. The highest BCUT2D eigenvalue weighted by molar-refractivity contribution is 5.63. The molecule has 0 bridgehead atoms. The van der Waals surface area contributed by atoms with Gasteiger partial charge < -0.3 is 14.7 Å². The topological polar surface area (TPSA) is 61.4 Å². The smallest absolute Gasteiger partial charge is 0.119 e. The number of aliphatic hydroxyl groups is 1. The summed E-state index contributed by atoms with van der Waals surface area (Å²) >= 11 is 0. The van der Waals surface area contributed by atoms with E-state index in [4.69, 9.17) is 4.74 Å². The van der Waals surface area contributed by atoms with Gasteiger partial charge in [0, 0.05) is 17.7 Å². The van der Waals surface area contributed by atoms with E-state index in [0.29, 0.717) is 0 Å². The number of unbranched alkanes of at least 4 members (excludes halogenated alkanes) is 1. The largest absolute Gasteiger partial charge is 0.490 e. The molecule has 5 nitrogen and oxygen atoms in total. The maximum absolute atomic E-state index is 9.60. The number of ether oxygens (including phenoxy) is 1. The number of aromatic amines is 1. The zero-order valence-electron chi connectivity index (χ0n) is 15.9. The van der Waals surface area contributed by atoms with Crippen LogP contribution < -0.4 is 4.74 Å². The molecule has 1 aromatic carbocycles. The average Bonchev–Trinajstić information content (AvgIpc) is 3.10. The molecule has 1 saturated carbocycles. The van der Waals surface area contributed by atoms with Gasteiger partial charge in [0.2, 0.25) is 0 Å². The Morgan fingerprint density at radius 1 is 1.19 bits per heavy atom. The van der Waals surface area contributed by atoms with Gasteiger partial charge in [-0.05, 0) is 70.0 Å². The van der Waals surface area contributed by atoms with Gasteiger partial charge in [0.1, 0.15) is 5.75 Å². The minimum Gasteiger partial charge on any atom is -0.490 e. The van der Waals surface area contributed by atoms with Crippen molar-refractivity contribution in [2.45, 2.75) is 64.2 Å². The molecule has 0 saturated heterocycles. The highest BCUT2D eigenvalue weighted by atomic mass is 16.5. The fraction of sp³-hybridized carbons (Fsp3) is 0.571. The first kappa shape index (κ1) is 18.9. The number of hydrogen-bond acceptors (Lipinski definition) is 4. The lowest BCUT2D eigenvalue weighted by atomic mass is 9.95. The molecule has 26 heavy (non-hydrogen) atoms. The molecule has 0 spiro atoms. The molecule has 0 radical (unpaired) electrons. The second-order valence-electron chi connectivity index (χ2n) is 7.43. The Morgan fingerprint density at radius 2 is 1.92 bits per heavy atom. The molecule has 1 heterocycles. The summed E-state index contributed by atoms with van der Waals surface area (Å²) in [6.07, 6.45) is 7.96. The van der Waals surface area contributed by atoms with Crippen LogP contribution in [0.25, 0.3) is 11.3 Å². The van der Waals surface area contributed by atoms with Crippen LogP contribution in [0, 0.1) is 0 Å². The zero-order chi connectivity index (χ0) is 18.4. The highest BCUT2D eigenvalue weighted by Gasteiger charge is 2.20. The van der Waals surface area contributed by atoms with Gasteiger partial charge in [-0.25, -0.2) is 0 Å². The van der Waals surface area contributed by atoms with Crippen LogP contribution in [0.15, 0.2) is 30.5 Å². The van der Waals surface area contributed by atoms with Gasteiger partial charge in [0.15, 0.2) is 0 Å².